The highest BCUT2D eigenvalue weighted by Gasteiger charge is 2.01. The van der Waals surface area contributed by atoms with Crippen molar-refractivity contribution in [3.63, 3.8) is 0 Å². The molecule has 2 aromatic rings. The van der Waals surface area contributed by atoms with Crippen LogP contribution in [-0.2, 0) is 0 Å². The topological polar surface area (TPSA) is 78.8 Å². The van der Waals surface area contributed by atoms with Crippen LogP contribution in [0.25, 0.3) is 5.76 Å². The number of nitrogens with zero attached hydrogens (tertiary/aromatic N) is 1. The Morgan fingerprint density at radius 3 is 2.50 bits per heavy atom. The van der Waals surface area contributed by atoms with Crippen molar-refractivity contribution in [2.45, 2.75) is 0 Å². The van der Waals surface area contributed by atoms with E-state index in [2.05, 4.69) is 4.99 Å². The number of rotatable bonds is 3. The van der Waals surface area contributed by atoms with Gasteiger partial charge < -0.3 is 15.9 Å². The molecule has 0 saturated carbocycles. The highest BCUT2D eigenvalue weighted by Crippen LogP contribution is 2.19. The molecule has 20 heavy (non-hydrogen) atoms. The monoisotopic (exact) mass is 272 g/mol. The minimum atomic E-state index is -0.386. The maximum atomic E-state index is 12.8. The zero-order valence-corrected chi connectivity index (χ0v) is 10.5. The molecule has 0 bridgehead atoms. The minimum absolute atomic E-state index is 0.0671. The van der Waals surface area contributed by atoms with E-state index < -0.39 is 0 Å². The first-order valence-corrected chi connectivity index (χ1v) is 5.84. The van der Waals surface area contributed by atoms with E-state index in [-0.39, 0.29) is 23.2 Å². The van der Waals surface area contributed by atoms with Crippen LogP contribution in [0, 0.1) is 5.82 Å². The van der Waals surface area contributed by atoms with E-state index in [1.54, 1.807) is 12.1 Å². The number of aliphatic hydroxyl groups excluding tert-OH is 1. The standard InChI is InChI=1S/C15H13FN2O2/c16-11-6-4-10(5-7-11)14(20)9-15(17)18-12-2-1-3-13(19)8-12/h1-9,19-20H,(H2,17,18)/b14-9-. The van der Waals surface area contributed by atoms with E-state index in [1.165, 1.54) is 42.5 Å². The number of phenolic OH excluding ortho intramolecular Hbond substituents is 1. The molecule has 0 saturated heterocycles. The van der Waals surface area contributed by atoms with Crippen LogP contribution < -0.4 is 5.73 Å². The van der Waals surface area contributed by atoms with Crippen LogP contribution in [0.2, 0.25) is 0 Å². The molecule has 0 unspecified atom stereocenters. The summed E-state index contributed by atoms with van der Waals surface area (Å²) in [5.41, 5.74) is 6.58. The lowest BCUT2D eigenvalue weighted by Gasteiger charge is -2.01. The zero-order chi connectivity index (χ0) is 14.5. The fourth-order valence-corrected chi connectivity index (χ4v) is 1.59. The molecule has 102 valence electrons. The molecule has 0 atom stereocenters. The van der Waals surface area contributed by atoms with Gasteiger partial charge in [0, 0.05) is 17.7 Å². The van der Waals surface area contributed by atoms with Gasteiger partial charge in [-0.3, -0.25) is 0 Å². The summed E-state index contributed by atoms with van der Waals surface area (Å²) < 4.78 is 12.8. The van der Waals surface area contributed by atoms with Crippen molar-refractivity contribution in [2.24, 2.45) is 10.7 Å². The predicted octanol–water partition coefficient (Wildman–Crippen LogP) is 3.12. The Bertz CT molecular complexity index is 664. The van der Waals surface area contributed by atoms with Gasteiger partial charge in [-0.25, -0.2) is 9.38 Å². The molecule has 2 aromatic carbocycles. The second-order valence-electron chi connectivity index (χ2n) is 4.09. The highest BCUT2D eigenvalue weighted by atomic mass is 19.1. The molecule has 0 aliphatic rings. The number of amidine groups is 1. The van der Waals surface area contributed by atoms with Gasteiger partial charge in [0.1, 0.15) is 23.2 Å². The Labute approximate surface area is 115 Å². The van der Waals surface area contributed by atoms with E-state index in [9.17, 15) is 14.6 Å². The Morgan fingerprint density at radius 2 is 1.85 bits per heavy atom. The molecular weight excluding hydrogens is 259 g/mol. The average Bonchev–Trinajstić information content (AvgIpc) is 2.39. The fraction of sp³-hybridized carbons (Fsp3) is 0. The second kappa shape index (κ2) is 5.88. The molecule has 0 spiro atoms. The molecule has 2 rings (SSSR count). The SMILES string of the molecule is NC(/C=C(\O)c1ccc(F)cc1)=Nc1cccc(O)c1. The normalized spacial score (nSPS) is 12.4. The number of halogens is 1. The lowest BCUT2D eigenvalue weighted by Crippen LogP contribution is -2.08. The van der Waals surface area contributed by atoms with Gasteiger partial charge in [-0.05, 0) is 36.4 Å². The summed E-state index contributed by atoms with van der Waals surface area (Å²) >= 11 is 0. The molecule has 0 amide bonds. The first kappa shape index (κ1) is 13.6. The van der Waals surface area contributed by atoms with E-state index in [0.29, 0.717) is 11.3 Å². The summed E-state index contributed by atoms with van der Waals surface area (Å²) in [5, 5.41) is 19.1. The van der Waals surface area contributed by atoms with Crippen molar-refractivity contribution < 1.29 is 14.6 Å². The molecule has 0 radical (unpaired) electrons. The maximum Gasteiger partial charge on any atom is 0.127 e. The van der Waals surface area contributed by atoms with Crippen molar-refractivity contribution in [1.29, 1.82) is 0 Å². The van der Waals surface area contributed by atoms with Gasteiger partial charge in [-0.1, -0.05) is 6.07 Å². The van der Waals surface area contributed by atoms with Gasteiger partial charge in [0.05, 0.1) is 5.69 Å². The van der Waals surface area contributed by atoms with Gasteiger partial charge >= 0.3 is 0 Å². The molecule has 4 N–H and O–H groups in total. The molecule has 5 heteroatoms. The van der Waals surface area contributed by atoms with Crippen LogP contribution in [0.4, 0.5) is 10.1 Å². The fourth-order valence-electron chi connectivity index (χ4n) is 1.59. The number of nitrogens with two attached hydrogens (primary N) is 1. The van der Waals surface area contributed by atoms with Crippen molar-refractivity contribution in [3.8, 4) is 5.75 Å². The van der Waals surface area contributed by atoms with Crippen molar-refractivity contribution in [1.82, 2.24) is 0 Å². The van der Waals surface area contributed by atoms with Crippen LogP contribution in [-0.4, -0.2) is 16.0 Å². The largest absolute Gasteiger partial charge is 0.508 e. The van der Waals surface area contributed by atoms with Gasteiger partial charge in [0.15, 0.2) is 0 Å². The van der Waals surface area contributed by atoms with Gasteiger partial charge in [-0.2, -0.15) is 0 Å². The van der Waals surface area contributed by atoms with E-state index in [0.717, 1.165) is 0 Å². The lowest BCUT2D eigenvalue weighted by molar-refractivity contribution is 0.475. The van der Waals surface area contributed by atoms with Crippen LogP contribution in [0.1, 0.15) is 5.56 Å². The van der Waals surface area contributed by atoms with Gasteiger partial charge in [-0.15, -0.1) is 0 Å². The third-order valence-corrected chi connectivity index (χ3v) is 2.51. The lowest BCUT2D eigenvalue weighted by atomic mass is 10.2. The first-order chi connectivity index (χ1) is 9.54. The smallest absolute Gasteiger partial charge is 0.127 e. The summed E-state index contributed by atoms with van der Waals surface area (Å²) in [7, 11) is 0. The van der Waals surface area contributed by atoms with Crippen LogP contribution in [0.15, 0.2) is 59.6 Å². The predicted molar refractivity (Wildman–Crippen MR) is 76.4 cm³/mol. The number of aliphatic hydroxyl groups is 1. The van der Waals surface area contributed by atoms with Gasteiger partial charge in [0.2, 0.25) is 0 Å². The summed E-state index contributed by atoms with van der Waals surface area (Å²) in [6.07, 6.45) is 1.26. The zero-order valence-electron chi connectivity index (χ0n) is 10.5. The van der Waals surface area contributed by atoms with E-state index in [4.69, 9.17) is 5.73 Å². The number of benzene rings is 2. The average molecular weight is 272 g/mol. The molecule has 4 nitrogen and oxygen atoms in total. The van der Waals surface area contributed by atoms with E-state index in [1.807, 2.05) is 0 Å². The molecule has 0 heterocycles. The molecule has 0 aromatic heterocycles. The molecular formula is C15H13FN2O2. The number of hydrogen-bond donors (Lipinski definition) is 3. The Morgan fingerprint density at radius 1 is 1.15 bits per heavy atom. The first-order valence-electron chi connectivity index (χ1n) is 5.84. The second-order valence-corrected chi connectivity index (χ2v) is 4.09. The summed E-state index contributed by atoms with van der Waals surface area (Å²) in [5.74, 6) is -0.363. The van der Waals surface area contributed by atoms with Gasteiger partial charge in [0.25, 0.3) is 0 Å². The van der Waals surface area contributed by atoms with Crippen molar-refractivity contribution >= 4 is 17.3 Å². The van der Waals surface area contributed by atoms with Crippen LogP contribution in [0.3, 0.4) is 0 Å². The minimum Gasteiger partial charge on any atom is -0.508 e. The Kier molecular flexibility index (Phi) is 4.00. The van der Waals surface area contributed by atoms with Crippen LogP contribution in [0.5, 0.6) is 5.75 Å². The third kappa shape index (κ3) is 3.58. The van der Waals surface area contributed by atoms with Crippen LogP contribution >= 0.6 is 0 Å². The molecule has 0 aliphatic heterocycles. The summed E-state index contributed by atoms with van der Waals surface area (Å²) in [6, 6.07) is 11.6. The molecule has 0 fully saturated rings. The van der Waals surface area contributed by atoms with E-state index >= 15 is 0 Å². The number of phenols is 1. The summed E-state index contributed by atoms with van der Waals surface area (Å²) in [6.45, 7) is 0. The summed E-state index contributed by atoms with van der Waals surface area (Å²) in [4.78, 5) is 4.03. The molecule has 0 aliphatic carbocycles. The number of aliphatic imine (C=N–C) groups is 1. The van der Waals surface area contributed by atoms with Crippen molar-refractivity contribution in [2.75, 3.05) is 0 Å². The Hall–Kier alpha value is -2.82. The third-order valence-electron chi connectivity index (χ3n) is 2.51. The highest BCUT2D eigenvalue weighted by molar-refractivity contribution is 5.98. The number of aromatic hydroxyl groups is 1. The quantitative estimate of drug-likeness (QED) is 0.456. The maximum absolute atomic E-state index is 12.8. The number of hydrogen-bond acceptors (Lipinski definition) is 3. The Balaban J connectivity index is 2.23. The van der Waals surface area contributed by atoms with Crippen molar-refractivity contribution in [3.05, 3.63) is 66.0 Å².